The van der Waals surface area contributed by atoms with Crippen molar-refractivity contribution in [1.82, 2.24) is 0 Å². The molecular formula is C36H37. The van der Waals surface area contributed by atoms with Crippen LogP contribution in [0.2, 0.25) is 0 Å². The molecule has 0 aliphatic heterocycles. The van der Waals surface area contributed by atoms with E-state index in [0.29, 0.717) is 0 Å². The van der Waals surface area contributed by atoms with Crippen molar-refractivity contribution in [2.75, 3.05) is 0 Å². The van der Waals surface area contributed by atoms with E-state index in [1.807, 2.05) is 0 Å². The van der Waals surface area contributed by atoms with Crippen molar-refractivity contribution in [3.8, 4) is 11.1 Å². The summed E-state index contributed by atoms with van der Waals surface area (Å²) in [5.74, 6) is 0. The molecule has 4 aromatic rings. The van der Waals surface area contributed by atoms with Crippen LogP contribution in [0.15, 0.2) is 78.9 Å². The van der Waals surface area contributed by atoms with Crippen LogP contribution >= 0.6 is 0 Å². The minimum absolute atomic E-state index is 0.130. The summed E-state index contributed by atoms with van der Waals surface area (Å²) in [6.45, 7) is 13.5. The van der Waals surface area contributed by atoms with Gasteiger partial charge in [-0.3, -0.25) is 0 Å². The Balaban J connectivity index is 1.80. The van der Waals surface area contributed by atoms with Gasteiger partial charge in [0, 0.05) is 0 Å². The monoisotopic (exact) mass is 469 g/mol. The Morgan fingerprint density at radius 3 is 2.03 bits per heavy atom. The largest absolute Gasteiger partial charge is 0.0654 e. The molecule has 0 heteroatoms. The fraction of sp³-hybridized carbons (Fsp3) is 0.278. The summed E-state index contributed by atoms with van der Waals surface area (Å²) in [4.78, 5) is 0. The standard InChI is InChI=1S/C36H37/c1-7-8-9-26-12-14-27(15-13-26)35(28-16-18-30(19-17-28)36(4,5)6)34-25(3)11-21-32-31-20-10-24(2)22-29(31)23-33(32)34/h10-22H,7-9H2,1-6H3. The van der Waals surface area contributed by atoms with E-state index in [0.717, 1.165) is 6.42 Å². The summed E-state index contributed by atoms with van der Waals surface area (Å²) in [6.07, 6.45) is 7.40. The van der Waals surface area contributed by atoms with Crippen LogP contribution in [-0.2, 0) is 11.8 Å². The zero-order valence-electron chi connectivity index (χ0n) is 22.6. The first-order valence-corrected chi connectivity index (χ1v) is 13.4. The van der Waals surface area contributed by atoms with Crippen LogP contribution in [0.25, 0.3) is 22.8 Å². The normalized spacial score (nSPS) is 13.2. The second-order valence-electron chi connectivity index (χ2n) is 11.4. The molecule has 1 radical (unpaired) electrons. The topological polar surface area (TPSA) is 0 Å². The Morgan fingerprint density at radius 1 is 0.750 bits per heavy atom. The first-order valence-electron chi connectivity index (χ1n) is 13.4. The molecular weight excluding hydrogens is 432 g/mol. The molecule has 0 spiro atoms. The number of aryl methyl sites for hydroxylation is 3. The van der Waals surface area contributed by atoms with Crippen LogP contribution < -0.4 is 10.4 Å². The lowest BCUT2D eigenvalue weighted by Gasteiger charge is -2.20. The van der Waals surface area contributed by atoms with E-state index >= 15 is 0 Å². The van der Waals surface area contributed by atoms with E-state index in [9.17, 15) is 0 Å². The first kappa shape index (κ1) is 24.3. The summed E-state index contributed by atoms with van der Waals surface area (Å²) >= 11 is 0. The van der Waals surface area contributed by atoms with Crippen molar-refractivity contribution in [1.29, 1.82) is 0 Å². The van der Waals surface area contributed by atoms with Crippen LogP contribution in [0.5, 0.6) is 0 Å². The zero-order chi connectivity index (χ0) is 25.4. The number of unbranched alkanes of at least 4 members (excludes halogenated alkanes) is 1. The molecule has 0 saturated carbocycles. The Kier molecular flexibility index (Phi) is 6.47. The molecule has 0 bridgehead atoms. The molecule has 0 aromatic heterocycles. The molecule has 0 nitrogen and oxygen atoms in total. The minimum atomic E-state index is 0.130. The number of benzene rings is 4. The van der Waals surface area contributed by atoms with Gasteiger partial charge in [-0.1, -0.05) is 119 Å². The van der Waals surface area contributed by atoms with Gasteiger partial charge in [0.2, 0.25) is 0 Å². The van der Waals surface area contributed by atoms with Gasteiger partial charge in [-0.05, 0) is 98.7 Å². The van der Waals surface area contributed by atoms with E-state index in [4.69, 9.17) is 0 Å². The lowest BCUT2D eigenvalue weighted by molar-refractivity contribution is 0.590. The maximum absolute atomic E-state index is 3.80. The molecule has 4 aromatic carbocycles. The average Bonchev–Trinajstić information content (AvgIpc) is 3.22. The highest BCUT2D eigenvalue weighted by Gasteiger charge is 2.18. The molecule has 0 unspecified atom stereocenters. The summed E-state index contributed by atoms with van der Waals surface area (Å²) in [5, 5.41) is 2.52. The van der Waals surface area contributed by atoms with Gasteiger partial charge in [0.15, 0.2) is 0 Å². The van der Waals surface area contributed by atoms with Crippen molar-refractivity contribution < 1.29 is 0 Å². The van der Waals surface area contributed by atoms with Crippen molar-refractivity contribution in [2.45, 2.75) is 66.2 Å². The Bertz CT molecular complexity index is 1520. The van der Waals surface area contributed by atoms with Gasteiger partial charge in [-0.2, -0.15) is 0 Å². The van der Waals surface area contributed by atoms with Crippen molar-refractivity contribution in [3.05, 3.63) is 128 Å². The lowest BCUT2D eigenvalue weighted by Crippen LogP contribution is -2.31. The molecule has 5 rings (SSSR count). The Hall–Kier alpha value is -3.38. The number of hydrogen-bond acceptors (Lipinski definition) is 0. The van der Waals surface area contributed by atoms with Gasteiger partial charge in [0.1, 0.15) is 0 Å². The van der Waals surface area contributed by atoms with Gasteiger partial charge < -0.3 is 0 Å². The van der Waals surface area contributed by atoms with Crippen LogP contribution in [0, 0.1) is 13.8 Å². The molecule has 181 valence electrons. The fourth-order valence-electron chi connectivity index (χ4n) is 5.33. The third kappa shape index (κ3) is 4.58. The van der Waals surface area contributed by atoms with Crippen LogP contribution in [0.3, 0.4) is 0 Å². The van der Waals surface area contributed by atoms with E-state index < -0.39 is 0 Å². The molecule has 36 heavy (non-hydrogen) atoms. The van der Waals surface area contributed by atoms with E-state index in [2.05, 4.69) is 126 Å². The zero-order valence-corrected chi connectivity index (χ0v) is 22.6. The summed E-state index contributed by atoms with van der Waals surface area (Å²) in [6, 6.07) is 29.8. The molecule has 0 amide bonds. The maximum Gasteiger partial charge on any atom is -0.000721 e. The summed E-state index contributed by atoms with van der Waals surface area (Å²) in [5.41, 5.74) is 13.1. The van der Waals surface area contributed by atoms with E-state index in [1.165, 1.54) is 78.9 Å². The molecule has 0 fully saturated rings. The molecule has 0 N–H and O–H groups in total. The van der Waals surface area contributed by atoms with Crippen molar-refractivity contribution in [3.63, 3.8) is 0 Å². The number of rotatable bonds is 5. The molecule has 0 saturated heterocycles. The smallest absolute Gasteiger partial charge is 0.000721 e. The van der Waals surface area contributed by atoms with Crippen LogP contribution in [0.4, 0.5) is 0 Å². The van der Waals surface area contributed by atoms with Crippen molar-refractivity contribution >= 4 is 11.6 Å². The minimum Gasteiger partial charge on any atom is -0.0654 e. The lowest BCUT2D eigenvalue weighted by atomic mass is 9.85. The third-order valence-electron chi connectivity index (χ3n) is 7.49. The number of hydrogen-bond donors (Lipinski definition) is 0. The summed E-state index contributed by atoms with van der Waals surface area (Å²) < 4.78 is 0. The average molecular weight is 470 g/mol. The molecule has 0 heterocycles. The van der Waals surface area contributed by atoms with E-state index in [1.54, 1.807) is 0 Å². The van der Waals surface area contributed by atoms with Gasteiger partial charge in [0.25, 0.3) is 0 Å². The quantitative estimate of drug-likeness (QED) is 0.246. The predicted molar refractivity (Wildman–Crippen MR) is 155 cm³/mol. The van der Waals surface area contributed by atoms with Crippen LogP contribution in [0.1, 0.15) is 79.5 Å². The van der Waals surface area contributed by atoms with Crippen molar-refractivity contribution in [2.24, 2.45) is 0 Å². The molecule has 1 aliphatic carbocycles. The highest BCUT2D eigenvalue weighted by molar-refractivity contribution is 5.87. The highest BCUT2D eigenvalue weighted by Crippen LogP contribution is 2.29. The second-order valence-corrected chi connectivity index (χ2v) is 11.4. The highest BCUT2D eigenvalue weighted by atomic mass is 14.2. The third-order valence-corrected chi connectivity index (χ3v) is 7.49. The number of fused-ring (bicyclic) bond motifs is 3. The maximum atomic E-state index is 3.80. The van der Waals surface area contributed by atoms with Gasteiger partial charge >= 0.3 is 0 Å². The second kappa shape index (κ2) is 9.58. The molecule has 0 atom stereocenters. The van der Waals surface area contributed by atoms with Gasteiger partial charge in [0.05, 0.1) is 0 Å². The fourth-order valence-corrected chi connectivity index (χ4v) is 5.33. The Morgan fingerprint density at radius 2 is 1.39 bits per heavy atom. The van der Waals surface area contributed by atoms with E-state index in [-0.39, 0.29) is 5.41 Å². The van der Waals surface area contributed by atoms with Crippen LogP contribution in [-0.4, -0.2) is 0 Å². The Labute approximate surface area is 217 Å². The van der Waals surface area contributed by atoms with Gasteiger partial charge in [-0.25, -0.2) is 0 Å². The summed E-state index contributed by atoms with van der Waals surface area (Å²) in [7, 11) is 0. The predicted octanol–water partition coefficient (Wildman–Crippen LogP) is 7.88. The molecule has 1 aliphatic rings. The SMILES string of the molecule is CCCCc1ccc(C(c2ccc(C(C)(C)C)cc2)=c2c(C)ccc3c2=[C]c2cc(C)ccc2-3)cc1. The van der Waals surface area contributed by atoms with Gasteiger partial charge in [-0.15, -0.1) is 0 Å². The first-order chi connectivity index (χ1) is 17.3.